The van der Waals surface area contributed by atoms with Gasteiger partial charge in [0, 0.05) is 13.1 Å². The minimum atomic E-state index is 0.123. The van der Waals surface area contributed by atoms with Crippen LogP contribution in [0.2, 0.25) is 0 Å². The minimum absolute atomic E-state index is 0.123. The molecular formula is C15H26N2O. The van der Waals surface area contributed by atoms with Crippen molar-refractivity contribution in [2.75, 3.05) is 26.2 Å². The summed E-state index contributed by atoms with van der Waals surface area (Å²) in [4.78, 5) is 13.9. The van der Waals surface area contributed by atoms with Crippen molar-refractivity contribution in [3.63, 3.8) is 0 Å². The zero-order chi connectivity index (χ0) is 13.4. The average molecular weight is 250 g/mol. The standard InChI is InChI=1S/C15H26N2O/c1-4-6-7-8-15(18)17(5-2)12-14-9-13(3)10-16-11-14/h4,7-8,13-14,16H,1,5-6,9-12H2,2-3H3/b8-7-. The van der Waals surface area contributed by atoms with Gasteiger partial charge in [-0.1, -0.05) is 19.1 Å². The zero-order valence-electron chi connectivity index (χ0n) is 11.7. The van der Waals surface area contributed by atoms with E-state index in [2.05, 4.69) is 18.8 Å². The van der Waals surface area contributed by atoms with Gasteiger partial charge in [-0.3, -0.25) is 4.79 Å². The summed E-state index contributed by atoms with van der Waals surface area (Å²) >= 11 is 0. The summed E-state index contributed by atoms with van der Waals surface area (Å²) in [5.74, 6) is 1.43. The molecule has 0 bridgehead atoms. The monoisotopic (exact) mass is 250 g/mol. The molecule has 3 heteroatoms. The first kappa shape index (κ1) is 15.0. The molecule has 18 heavy (non-hydrogen) atoms. The first-order valence-electron chi connectivity index (χ1n) is 6.94. The predicted octanol–water partition coefficient (Wildman–Crippen LogP) is 2.21. The van der Waals surface area contributed by atoms with Crippen LogP contribution < -0.4 is 5.32 Å². The van der Waals surface area contributed by atoms with Crippen LogP contribution in [0.15, 0.2) is 24.8 Å². The molecule has 0 spiro atoms. The molecule has 3 nitrogen and oxygen atoms in total. The summed E-state index contributed by atoms with van der Waals surface area (Å²) in [5.41, 5.74) is 0. The maximum atomic E-state index is 12.0. The van der Waals surface area contributed by atoms with Crippen LogP contribution in [0.25, 0.3) is 0 Å². The smallest absolute Gasteiger partial charge is 0.246 e. The Kier molecular flexibility index (Phi) is 6.73. The van der Waals surface area contributed by atoms with Gasteiger partial charge in [-0.15, -0.1) is 6.58 Å². The molecule has 2 unspecified atom stereocenters. The molecule has 102 valence electrons. The number of carbonyl (C=O) groups excluding carboxylic acids is 1. The van der Waals surface area contributed by atoms with Gasteiger partial charge in [-0.25, -0.2) is 0 Å². The highest BCUT2D eigenvalue weighted by Crippen LogP contribution is 2.17. The molecule has 1 rings (SSSR count). The molecule has 0 aromatic rings. The Morgan fingerprint density at radius 2 is 2.28 bits per heavy atom. The van der Waals surface area contributed by atoms with E-state index in [1.165, 1.54) is 6.42 Å². The first-order valence-corrected chi connectivity index (χ1v) is 6.94. The molecule has 0 aromatic heterocycles. The lowest BCUT2D eigenvalue weighted by Crippen LogP contribution is -2.42. The van der Waals surface area contributed by atoms with Gasteiger partial charge in [0.05, 0.1) is 0 Å². The van der Waals surface area contributed by atoms with Crippen molar-refractivity contribution in [1.82, 2.24) is 10.2 Å². The number of carbonyl (C=O) groups is 1. The van der Waals surface area contributed by atoms with Gasteiger partial charge in [0.25, 0.3) is 0 Å². The fraction of sp³-hybridized carbons (Fsp3) is 0.667. The number of hydrogen-bond donors (Lipinski definition) is 1. The van der Waals surface area contributed by atoms with Crippen molar-refractivity contribution >= 4 is 5.91 Å². The summed E-state index contributed by atoms with van der Waals surface area (Å²) in [5, 5.41) is 3.44. The lowest BCUT2D eigenvalue weighted by atomic mass is 9.91. The predicted molar refractivity (Wildman–Crippen MR) is 76.3 cm³/mol. The number of nitrogens with zero attached hydrogens (tertiary/aromatic N) is 1. The van der Waals surface area contributed by atoms with E-state index in [4.69, 9.17) is 0 Å². The van der Waals surface area contributed by atoms with Gasteiger partial charge in [-0.2, -0.15) is 0 Å². The van der Waals surface area contributed by atoms with Crippen LogP contribution in [0.3, 0.4) is 0 Å². The van der Waals surface area contributed by atoms with Crippen LogP contribution in [-0.2, 0) is 4.79 Å². The van der Waals surface area contributed by atoms with Crippen LogP contribution in [-0.4, -0.2) is 37.0 Å². The van der Waals surface area contributed by atoms with E-state index in [0.29, 0.717) is 11.8 Å². The zero-order valence-corrected chi connectivity index (χ0v) is 11.7. The molecule has 1 aliphatic rings. The Balaban J connectivity index is 2.44. The van der Waals surface area contributed by atoms with E-state index in [9.17, 15) is 4.79 Å². The van der Waals surface area contributed by atoms with E-state index in [1.54, 1.807) is 12.2 Å². The summed E-state index contributed by atoms with van der Waals surface area (Å²) in [6.07, 6.45) is 7.32. The van der Waals surface area contributed by atoms with Crippen LogP contribution in [0.4, 0.5) is 0 Å². The van der Waals surface area contributed by atoms with Gasteiger partial charge >= 0.3 is 0 Å². The van der Waals surface area contributed by atoms with Crippen LogP contribution >= 0.6 is 0 Å². The van der Waals surface area contributed by atoms with Gasteiger partial charge < -0.3 is 10.2 Å². The van der Waals surface area contributed by atoms with E-state index in [1.807, 2.05) is 17.9 Å². The highest BCUT2D eigenvalue weighted by molar-refractivity contribution is 5.87. The number of rotatable bonds is 6. The molecule has 0 aromatic carbocycles. The number of nitrogens with one attached hydrogen (secondary N) is 1. The second-order valence-corrected chi connectivity index (χ2v) is 5.17. The van der Waals surface area contributed by atoms with Crippen molar-refractivity contribution in [1.29, 1.82) is 0 Å². The van der Waals surface area contributed by atoms with Gasteiger partial charge in [0.2, 0.25) is 5.91 Å². The molecule has 1 saturated heterocycles. The minimum Gasteiger partial charge on any atom is -0.339 e. The Morgan fingerprint density at radius 1 is 1.50 bits per heavy atom. The molecule has 1 amide bonds. The second-order valence-electron chi connectivity index (χ2n) is 5.17. The van der Waals surface area contributed by atoms with E-state index in [-0.39, 0.29) is 5.91 Å². The second kappa shape index (κ2) is 8.09. The maximum Gasteiger partial charge on any atom is 0.246 e. The summed E-state index contributed by atoms with van der Waals surface area (Å²) in [6, 6.07) is 0. The van der Waals surface area contributed by atoms with Crippen molar-refractivity contribution in [3.05, 3.63) is 24.8 Å². The van der Waals surface area contributed by atoms with Gasteiger partial charge in [-0.05, 0) is 50.8 Å². The molecule has 2 atom stereocenters. The lowest BCUT2D eigenvalue weighted by molar-refractivity contribution is -0.126. The van der Waals surface area contributed by atoms with Gasteiger partial charge in [0.1, 0.15) is 0 Å². The maximum absolute atomic E-state index is 12.0. The molecule has 0 saturated carbocycles. The summed E-state index contributed by atoms with van der Waals surface area (Å²) < 4.78 is 0. The highest BCUT2D eigenvalue weighted by Gasteiger charge is 2.21. The summed E-state index contributed by atoms with van der Waals surface area (Å²) in [6.45, 7) is 11.7. The van der Waals surface area contributed by atoms with Crippen molar-refractivity contribution in [2.45, 2.75) is 26.7 Å². The van der Waals surface area contributed by atoms with Crippen molar-refractivity contribution in [2.24, 2.45) is 11.8 Å². The lowest BCUT2D eigenvalue weighted by Gasteiger charge is -2.31. The average Bonchev–Trinajstić information content (AvgIpc) is 2.36. The molecule has 0 radical (unpaired) electrons. The Hall–Kier alpha value is -1.09. The Labute approximate surface area is 111 Å². The van der Waals surface area contributed by atoms with E-state index < -0.39 is 0 Å². The molecule has 1 heterocycles. The largest absolute Gasteiger partial charge is 0.339 e. The SMILES string of the molecule is C=CC/C=C\C(=O)N(CC)CC1CNCC(C)C1. The third-order valence-corrected chi connectivity index (χ3v) is 3.40. The van der Waals surface area contributed by atoms with Crippen molar-refractivity contribution in [3.8, 4) is 0 Å². The summed E-state index contributed by atoms with van der Waals surface area (Å²) in [7, 11) is 0. The number of piperidine rings is 1. The van der Waals surface area contributed by atoms with E-state index >= 15 is 0 Å². The molecule has 0 aliphatic carbocycles. The normalized spacial score (nSPS) is 24.1. The molecule has 1 N–H and O–H groups in total. The molecule has 1 fully saturated rings. The quantitative estimate of drug-likeness (QED) is 0.579. The molecular weight excluding hydrogens is 224 g/mol. The number of amides is 1. The number of allylic oxidation sites excluding steroid dienone is 2. The number of likely N-dealkylation sites (N-methyl/N-ethyl adjacent to an activating group) is 1. The number of hydrogen-bond acceptors (Lipinski definition) is 2. The fourth-order valence-corrected chi connectivity index (χ4v) is 2.47. The van der Waals surface area contributed by atoms with Crippen LogP contribution in [0.5, 0.6) is 0 Å². The van der Waals surface area contributed by atoms with Crippen LogP contribution in [0.1, 0.15) is 26.7 Å². The van der Waals surface area contributed by atoms with E-state index in [0.717, 1.165) is 32.6 Å². The first-order chi connectivity index (χ1) is 8.67. The third kappa shape index (κ3) is 5.05. The van der Waals surface area contributed by atoms with Crippen molar-refractivity contribution < 1.29 is 4.79 Å². The Bertz CT molecular complexity index is 299. The highest BCUT2D eigenvalue weighted by atomic mass is 16.2. The van der Waals surface area contributed by atoms with Crippen LogP contribution in [0, 0.1) is 11.8 Å². The topological polar surface area (TPSA) is 32.3 Å². The third-order valence-electron chi connectivity index (χ3n) is 3.40. The molecule has 1 aliphatic heterocycles. The van der Waals surface area contributed by atoms with Gasteiger partial charge in [0.15, 0.2) is 0 Å². The Morgan fingerprint density at radius 3 is 2.89 bits per heavy atom. The fourth-order valence-electron chi connectivity index (χ4n) is 2.47.